The summed E-state index contributed by atoms with van der Waals surface area (Å²) >= 11 is 6.26. The molecule has 9 nitrogen and oxygen atoms in total. The van der Waals surface area contributed by atoms with Gasteiger partial charge in [0.15, 0.2) is 0 Å². The fourth-order valence-electron chi connectivity index (χ4n) is 3.97. The average molecular weight is 544 g/mol. The molecular weight excluding hydrogens is 510 g/mol. The number of rotatable bonds is 7. The summed E-state index contributed by atoms with van der Waals surface area (Å²) in [6.07, 6.45) is 1.71. The van der Waals surface area contributed by atoms with Crippen molar-refractivity contribution in [2.45, 2.75) is 38.1 Å². The first-order valence-corrected chi connectivity index (χ1v) is 14.0. The van der Waals surface area contributed by atoms with Gasteiger partial charge in [0.05, 0.1) is 4.90 Å². The Balaban J connectivity index is 1.50. The van der Waals surface area contributed by atoms with Gasteiger partial charge in [0, 0.05) is 65.6 Å². The fourth-order valence-corrected chi connectivity index (χ4v) is 5.75. The number of aryl methyl sites for hydroxylation is 1. The van der Waals surface area contributed by atoms with Crippen LogP contribution in [0.25, 0.3) is 0 Å². The van der Waals surface area contributed by atoms with Crippen LogP contribution in [-0.4, -0.2) is 62.1 Å². The molecule has 0 aliphatic carbocycles. The zero-order valence-electron chi connectivity index (χ0n) is 21.8. The molecule has 2 aromatic carbocycles. The smallest absolute Gasteiger partial charge is 0.241 e. The summed E-state index contributed by atoms with van der Waals surface area (Å²) in [5, 5.41) is 6.73. The van der Waals surface area contributed by atoms with Crippen molar-refractivity contribution in [3.8, 4) is 0 Å². The van der Waals surface area contributed by atoms with E-state index in [1.165, 1.54) is 17.8 Å². The Hall–Kier alpha value is -2.92. The van der Waals surface area contributed by atoms with Gasteiger partial charge in [0.1, 0.15) is 5.82 Å². The molecule has 1 fully saturated rings. The van der Waals surface area contributed by atoms with Gasteiger partial charge in [-0.25, -0.2) is 18.1 Å². The van der Waals surface area contributed by atoms with E-state index in [-0.39, 0.29) is 4.90 Å². The molecule has 198 valence electrons. The topological polar surface area (TPSA) is 102 Å². The van der Waals surface area contributed by atoms with Crippen molar-refractivity contribution in [2.75, 3.05) is 48.8 Å². The highest BCUT2D eigenvalue weighted by Gasteiger charge is 2.23. The molecule has 1 aliphatic rings. The van der Waals surface area contributed by atoms with Crippen LogP contribution in [0.1, 0.15) is 26.3 Å². The number of sulfonamides is 1. The number of likely N-dealkylation sites (N-methyl/N-ethyl adjacent to an activating group) is 1. The van der Waals surface area contributed by atoms with Crippen molar-refractivity contribution in [2.24, 2.45) is 0 Å². The fraction of sp³-hybridized carbons (Fsp3) is 0.385. The van der Waals surface area contributed by atoms with Gasteiger partial charge < -0.3 is 20.4 Å². The quantitative estimate of drug-likeness (QED) is 0.392. The second kappa shape index (κ2) is 10.8. The number of benzene rings is 2. The maximum absolute atomic E-state index is 12.8. The van der Waals surface area contributed by atoms with Crippen LogP contribution in [0, 0.1) is 6.92 Å². The summed E-state index contributed by atoms with van der Waals surface area (Å²) in [6, 6.07) is 12.8. The van der Waals surface area contributed by atoms with Crippen LogP contribution in [0.2, 0.25) is 5.02 Å². The average Bonchev–Trinajstić information content (AvgIpc) is 2.80. The lowest BCUT2D eigenvalue weighted by molar-refractivity contribution is 0.313. The first-order chi connectivity index (χ1) is 17.4. The van der Waals surface area contributed by atoms with E-state index in [1.54, 1.807) is 33.0 Å². The largest absolute Gasteiger partial charge is 0.369 e. The number of hydrogen-bond acceptors (Lipinski definition) is 8. The molecule has 3 N–H and O–H groups in total. The molecular formula is C26H34ClN7O2S. The van der Waals surface area contributed by atoms with Gasteiger partial charge in [-0.1, -0.05) is 11.6 Å². The summed E-state index contributed by atoms with van der Waals surface area (Å²) in [7, 11) is -1.61. The van der Waals surface area contributed by atoms with E-state index in [2.05, 4.69) is 54.3 Å². The van der Waals surface area contributed by atoms with Crippen LogP contribution in [0.15, 0.2) is 53.6 Å². The van der Waals surface area contributed by atoms with E-state index in [0.29, 0.717) is 22.5 Å². The molecule has 37 heavy (non-hydrogen) atoms. The highest BCUT2D eigenvalue weighted by atomic mass is 35.5. The standard InChI is InChI=1S/C26H34ClN7O2S/c1-18-17-28-25(30-20-6-8-22(9-7-20)34-12-10-33(5)11-13-34)31-24(18)29-21-14-19(27)15-23(16-21)37(35,36)32-26(2,3)4/h6-9,14-17,32H,10-13H2,1-5H3,(H2,28,29,30,31). The Bertz CT molecular complexity index is 1350. The van der Waals surface area contributed by atoms with Gasteiger partial charge in [0.25, 0.3) is 0 Å². The van der Waals surface area contributed by atoms with E-state index in [1.807, 2.05) is 19.1 Å². The summed E-state index contributed by atoms with van der Waals surface area (Å²) in [4.78, 5) is 13.8. The molecule has 1 saturated heterocycles. The normalized spacial score (nSPS) is 15.0. The Morgan fingerprint density at radius 1 is 0.946 bits per heavy atom. The van der Waals surface area contributed by atoms with Gasteiger partial charge in [-0.15, -0.1) is 0 Å². The van der Waals surface area contributed by atoms with Crippen molar-refractivity contribution in [1.82, 2.24) is 19.6 Å². The van der Waals surface area contributed by atoms with Crippen molar-refractivity contribution >= 4 is 50.5 Å². The van der Waals surface area contributed by atoms with Crippen LogP contribution in [0.5, 0.6) is 0 Å². The number of anilines is 5. The van der Waals surface area contributed by atoms with Crippen molar-refractivity contribution < 1.29 is 8.42 Å². The summed E-state index contributed by atoms with van der Waals surface area (Å²) in [6.45, 7) is 11.4. The third-order valence-corrected chi connectivity index (χ3v) is 7.80. The van der Waals surface area contributed by atoms with E-state index in [0.717, 1.165) is 37.4 Å². The molecule has 4 rings (SSSR count). The predicted molar refractivity (Wildman–Crippen MR) is 151 cm³/mol. The Morgan fingerprint density at radius 3 is 2.27 bits per heavy atom. The minimum Gasteiger partial charge on any atom is -0.369 e. The van der Waals surface area contributed by atoms with Gasteiger partial charge in [-0.3, -0.25) is 0 Å². The number of piperazine rings is 1. The van der Waals surface area contributed by atoms with E-state index >= 15 is 0 Å². The Morgan fingerprint density at radius 2 is 1.62 bits per heavy atom. The van der Waals surface area contributed by atoms with Gasteiger partial charge >= 0.3 is 0 Å². The van der Waals surface area contributed by atoms with Crippen LogP contribution >= 0.6 is 11.6 Å². The van der Waals surface area contributed by atoms with Crippen LogP contribution in [0.3, 0.4) is 0 Å². The van der Waals surface area contributed by atoms with Gasteiger partial charge in [-0.2, -0.15) is 4.98 Å². The molecule has 0 amide bonds. The zero-order valence-corrected chi connectivity index (χ0v) is 23.4. The SMILES string of the molecule is Cc1cnc(Nc2ccc(N3CCN(C)CC3)cc2)nc1Nc1cc(Cl)cc(S(=O)(=O)NC(C)(C)C)c1. The van der Waals surface area contributed by atoms with E-state index in [4.69, 9.17) is 11.6 Å². The second-order valence-corrected chi connectivity index (χ2v) is 12.5. The molecule has 0 radical (unpaired) electrons. The molecule has 11 heteroatoms. The van der Waals surface area contributed by atoms with Gasteiger partial charge in [-0.05, 0) is 77.2 Å². The molecule has 3 aromatic rings. The number of aromatic nitrogens is 2. The third kappa shape index (κ3) is 7.32. The lowest BCUT2D eigenvalue weighted by Crippen LogP contribution is -2.44. The zero-order chi connectivity index (χ0) is 26.8. The highest BCUT2D eigenvalue weighted by molar-refractivity contribution is 7.89. The van der Waals surface area contributed by atoms with Crippen molar-refractivity contribution in [1.29, 1.82) is 0 Å². The molecule has 0 atom stereocenters. The molecule has 1 aromatic heterocycles. The van der Waals surface area contributed by atoms with E-state index in [9.17, 15) is 8.42 Å². The lowest BCUT2D eigenvalue weighted by atomic mass is 10.1. The third-order valence-electron chi connectivity index (χ3n) is 5.85. The van der Waals surface area contributed by atoms with Crippen LogP contribution in [0.4, 0.5) is 28.8 Å². The lowest BCUT2D eigenvalue weighted by Gasteiger charge is -2.34. The first-order valence-electron chi connectivity index (χ1n) is 12.1. The molecule has 0 unspecified atom stereocenters. The highest BCUT2D eigenvalue weighted by Crippen LogP contribution is 2.27. The molecule has 1 aliphatic heterocycles. The van der Waals surface area contributed by atoms with Crippen molar-refractivity contribution in [3.63, 3.8) is 0 Å². The minimum atomic E-state index is -3.75. The minimum absolute atomic E-state index is 0.0722. The number of halogens is 1. The van der Waals surface area contributed by atoms with Gasteiger partial charge in [0.2, 0.25) is 16.0 Å². The van der Waals surface area contributed by atoms with Crippen LogP contribution in [-0.2, 0) is 10.0 Å². The van der Waals surface area contributed by atoms with Crippen LogP contribution < -0.4 is 20.3 Å². The molecule has 0 spiro atoms. The number of hydrogen-bond donors (Lipinski definition) is 3. The monoisotopic (exact) mass is 543 g/mol. The van der Waals surface area contributed by atoms with Crippen molar-refractivity contribution in [3.05, 3.63) is 59.2 Å². The van der Waals surface area contributed by atoms with E-state index < -0.39 is 15.6 Å². The second-order valence-electron chi connectivity index (χ2n) is 10.3. The maximum atomic E-state index is 12.8. The molecule has 0 saturated carbocycles. The first kappa shape index (κ1) is 27.1. The molecule has 2 heterocycles. The number of nitrogens with one attached hydrogen (secondary N) is 3. The maximum Gasteiger partial charge on any atom is 0.241 e. The molecule has 0 bridgehead atoms. The summed E-state index contributed by atoms with van der Waals surface area (Å²) in [5.41, 5.74) is 2.75. The Labute approximate surface area is 224 Å². The number of nitrogens with zero attached hydrogens (tertiary/aromatic N) is 4. The summed E-state index contributed by atoms with van der Waals surface area (Å²) in [5.74, 6) is 0.964. The Kier molecular flexibility index (Phi) is 7.94. The summed E-state index contributed by atoms with van der Waals surface area (Å²) < 4.78 is 28.3. The predicted octanol–water partition coefficient (Wildman–Crippen LogP) is 4.75.